The maximum atomic E-state index is 12.3. The van der Waals surface area contributed by atoms with Gasteiger partial charge in [-0.1, -0.05) is 29.8 Å². The van der Waals surface area contributed by atoms with E-state index in [4.69, 9.17) is 11.6 Å². The number of nitrogens with one attached hydrogen (secondary N) is 2. The molecule has 0 spiro atoms. The third-order valence-corrected chi connectivity index (χ3v) is 4.04. The Hall–Kier alpha value is -3.19. The molecule has 0 bridgehead atoms. The highest BCUT2D eigenvalue weighted by Gasteiger charge is 2.12. The number of anilines is 1. The molecular formula is C17H13ClN6O. The SMILES string of the molecule is [O-][n+]1nc(NCc2ccc(Cl)cc2)nc2ccc(-c3cn[nH]c3)cc21. The van der Waals surface area contributed by atoms with Gasteiger partial charge in [-0.2, -0.15) is 5.10 Å². The van der Waals surface area contributed by atoms with Gasteiger partial charge in [0.15, 0.2) is 0 Å². The van der Waals surface area contributed by atoms with Gasteiger partial charge in [-0.3, -0.25) is 5.10 Å². The number of H-pyrrole nitrogens is 1. The van der Waals surface area contributed by atoms with Crippen molar-refractivity contribution in [3.8, 4) is 11.1 Å². The van der Waals surface area contributed by atoms with Crippen molar-refractivity contribution in [2.45, 2.75) is 6.54 Å². The third kappa shape index (κ3) is 3.22. The molecule has 4 aromatic rings. The van der Waals surface area contributed by atoms with Crippen LogP contribution in [0.4, 0.5) is 5.95 Å². The predicted octanol–water partition coefficient (Wildman–Crippen LogP) is 2.92. The second-order valence-corrected chi connectivity index (χ2v) is 5.92. The minimum absolute atomic E-state index is 0.272. The number of hydrogen-bond acceptors (Lipinski definition) is 5. The van der Waals surface area contributed by atoms with Crippen molar-refractivity contribution in [3.05, 3.63) is 70.7 Å². The molecule has 0 radical (unpaired) electrons. The molecule has 0 aliphatic carbocycles. The van der Waals surface area contributed by atoms with Gasteiger partial charge in [-0.15, -0.1) is 0 Å². The third-order valence-electron chi connectivity index (χ3n) is 3.79. The predicted molar refractivity (Wildman–Crippen MR) is 94.9 cm³/mol. The monoisotopic (exact) mass is 352 g/mol. The zero-order chi connectivity index (χ0) is 17.2. The van der Waals surface area contributed by atoms with E-state index in [-0.39, 0.29) is 5.95 Å². The fraction of sp³-hybridized carbons (Fsp3) is 0.0588. The minimum Gasteiger partial charge on any atom is -0.594 e. The van der Waals surface area contributed by atoms with Gasteiger partial charge in [-0.25, -0.2) is 4.98 Å². The van der Waals surface area contributed by atoms with E-state index in [1.165, 1.54) is 0 Å². The fourth-order valence-electron chi connectivity index (χ4n) is 2.49. The zero-order valence-electron chi connectivity index (χ0n) is 13.0. The summed E-state index contributed by atoms with van der Waals surface area (Å²) < 4.78 is 0. The van der Waals surface area contributed by atoms with Gasteiger partial charge in [0, 0.05) is 29.4 Å². The van der Waals surface area contributed by atoms with E-state index in [1.807, 2.05) is 30.3 Å². The average Bonchev–Trinajstić information content (AvgIpc) is 3.16. The molecule has 0 aliphatic heterocycles. The number of aromatic amines is 1. The molecular weight excluding hydrogens is 340 g/mol. The molecule has 0 aliphatic rings. The van der Waals surface area contributed by atoms with Crippen molar-refractivity contribution < 1.29 is 4.85 Å². The Kier molecular flexibility index (Phi) is 3.91. The van der Waals surface area contributed by atoms with Crippen LogP contribution in [0.2, 0.25) is 5.02 Å². The lowest BCUT2D eigenvalue weighted by molar-refractivity contribution is -0.641. The number of fused-ring (bicyclic) bond motifs is 1. The van der Waals surface area contributed by atoms with Gasteiger partial charge in [0.2, 0.25) is 0 Å². The van der Waals surface area contributed by atoms with E-state index in [0.29, 0.717) is 27.4 Å². The van der Waals surface area contributed by atoms with E-state index >= 15 is 0 Å². The van der Waals surface area contributed by atoms with Crippen molar-refractivity contribution >= 4 is 28.6 Å². The zero-order valence-corrected chi connectivity index (χ0v) is 13.7. The first-order valence-corrected chi connectivity index (χ1v) is 7.96. The van der Waals surface area contributed by atoms with E-state index in [0.717, 1.165) is 16.7 Å². The molecule has 8 heteroatoms. The Morgan fingerprint density at radius 3 is 2.72 bits per heavy atom. The largest absolute Gasteiger partial charge is 0.594 e. The van der Waals surface area contributed by atoms with Gasteiger partial charge in [-0.05, 0) is 34.2 Å². The second-order valence-electron chi connectivity index (χ2n) is 5.48. The summed E-state index contributed by atoms with van der Waals surface area (Å²) in [5.74, 6) is 0.272. The number of benzene rings is 2. The Balaban J connectivity index is 1.61. The van der Waals surface area contributed by atoms with Crippen LogP contribution in [0.25, 0.3) is 22.2 Å². The molecule has 0 atom stereocenters. The normalized spacial score (nSPS) is 10.9. The summed E-state index contributed by atoms with van der Waals surface area (Å²) in [7, 11) is 0. The summed E-state index contributed by atoms with van der Waals surface area (Å²) in [6.07, 6.45) is 3.46. The second kappa shape index (κ2) is 6.37. The van der Waals surface area contributed by atoms with Crippen LogP contribution in [0.5, 0.6) is 0 Å². The Morgan fingerprint density at radius 1 is 1.12 bits per heavy atom. The summed E-state index contributed by atoms with van der Waals surface area (Å²) in [4.78, 5) is 4.98. The van der Waals surface area contributed by atoms with Crippen molar-refractivity contribution in [3.63, 3.8) is 0 Å². The Bertz CT molecular complexity index is 1020. The lowest BCUT2D eigenvalue weighted by Crippen LogP contribution is -2.33. The lowest BCUT2D eigenvalue weighted by atomic mass is 10.1. The molecule has 0 fully saturated rings. The van der Waals surface area contributed by atoms with Crippen LogP contribution in [-0.2, 0) is 6.54 Å². The van der Waals surface area contributed by atoms with Gasteiger partial charge in [0.05, 0.1) is 11.3 Å². The topological polar surface area (TPSA) is 93.4 Å². The fourth-order valence-corrected chi connectivity index (χ4v) is 2.62. The average molecular weight is 353 g/mol. The van der Waals surface area contributed by atoms with Crippen LogP contribution in [0.3, 0.4) is 0 Å². The van der Waals surface area contributed by atoms with Crippen LogP contribution in [-0.4, -0.2) is 20.3 Å². The number of halogens is 1. The lowest BCUT2D eigenvalue weighted by Gasteiger charge is -2.06. The molecule has 7 nitrogen and oxygen atoms in total. The van der Waals surface area contributed by atoms with Gasteiger partial charge in [0.25, 0.3) is 11.5 Å². The number of aromatic nitrogens is 5. The first-order valence-electron chi connectivity index (χ1n) is 7.58. The highest BCUT2D eigenvalue weighted by molar-refractivity contribution is 6.30. The molecule has 2 aromatic carbocycles. The molecule has 2 aromatic heterocycles. The number of nitrogens with zero attached hydrogens (tertiary/aromatic N) is 4. The standard InChI is InChI=1S/C17H13ClN6O/c18-14-4-1-11(2-5-14)8-19-17-22-15-6-3-12(13-9-20-21-10-13)7-16(15)24(25)23-17/h1-7,9-10H,8H2,(H,20,21)(H,19,22,23). The van der Waals surface area contributed by atoms with E-state index < -0.39 is 0 Å². The van der Waals surface area contributed by atoms with Crippen molar-refractivity contribution in [1.82, 2.24) is 20.3 Å². The minimum atomic E-state index is 0.272. The van der Waals surface area contributed by atoms with Crippen molar-refractivity contribution in [2.24, 2.45) is 0 Å². The maximum Gasteiger partial charge on any atom is 0.290 e. The molecule has 4 rings (SSSR count). The molecule has 0 amide bonds. The Morgan fingerprint density at radius 2 is 1.96 bits per heavy atom. The van der Waals surface area contributed by atoms with Gasteiger partial charge in [0.1, 0.15) is 5.52 Å². The summed E-state index contributed by atoms with van der Waals surface area (Å²) in [5.41, 5.74) is 3.75. The van der Waals surface area contributed by atoms with E-state index in [1.54, 1.807) is 24.5 Å². The maximum absolute atomic E-state index is 12.3. The smallest absolute Gasteiger partial charge is 0.290 e. The highest BCUT2D eigenvalue weighted by atomic mass is 35.5. The van der Waals surface area contributed by atoms with Gasteiger partial charge < -0.3 is 10.5 Å². The van der Waals surface area contributed by atoms with Crippen LogP contribution in [0.15, 0.2) is 54.9 Å². The van der Waals surface area contributed by atoms with E-state index in [9.17, 15) is 5.21 Å². The number of hydrogen-bond donors (Lipinski definition) is 2. The molecule has 25 heavy (non-hydrogen) atoms. The van der Waals surface area contributed by atoms with E-state index in [2.05, 4.69) is 25.6 Å². The summed E-state index contributed by atoms with van der Waals surface area (Å²) in [6.45, 7) is 0.496. The van der Waals surface area contributed by atoms with Crippen LogP contribution in [0, 0.1) is 5.21 Å². The van der Waals surface area contributed by atoms with Crippen LogP contribution in [0.1, 0.15) is 5.56 Å². The molecule has 2 N–H and O–H groups in total. The van der Waals surface area contributed by atoms with Gasteiger partial charge >= 0.3 is 0 Å². The first-order chi connectivity index (χ1) is 12.2. The summed E-state index contributed by atoms with van der Waals surface area (Å²) >= 11 is 5.87. The summed E-state index contributed by atoms with van der Waals surface area (Å²) in [5, 5.41) is 26.6. The Labute approximate surface area is 147 Å². The number of rotatable bonds is 4. The molecule has 0 saturated carbocycles. The summed E-state index contributed by atoms with van der Waals surface area (Å²) in [6, 6.07) is 12.9. The molecule has 0 unspecified atom stereocenters. The van der Waals surface area contributed by atoms with Crippen LogP contribution >= 0.6 is 11.6 Å². The highest BCUT2D eigenvalue weighted by Crippen LogP contribution is 2.21. The van der Waals surface area contributed by atoms with Crippen molar-refractivity contribution in [2.75, 3.05) is 5.32 Å². The molecule has 0 saturated heterocycles. The van der Waals surface area contributed by atoms with Crippen LogP contribution < -0.4 is 10.2 Å². The quantitative estimate of drug-likeness (QED) is 0.435. The molecule has 2 heterocycles. The first kappa shape index (κ1) is 15.3. The van der Waals surface area contributed by atoms with Crippen molar-refractivity contribution in [1.29, 1.82) is 0 Å². The molecule has 124 valence electrons.